The number of nitrogens with zero attached hydrogens (tertiary/aromatic N) is 4. The third-order valence-corrected chi connectivity index (χ3v) is 7.38. The minimum Gasteiger partial charge on any atom is -0.371 e. The van der Waals surface area contributed by atoms with Crippen molar-refractivity contribution < 1.29 is 23.8 Å². The molecule has 9 heteroatoms. The first kappa shape index (κ1) is 21.8. The van der Waals surface area contributed by atoms with Gasteiger partial charge in [0, 0.05) is 26.1 Å². The summed E-state index contributed by atoms with van der Waals surface area (Å²) in [4.78, 5) is 56.0. The second-order valence-corrected chi connectivity index (χ2v) is 9.50. The molecule has 4 amide bonds. The molecular weight excluding hydrogens is 422 g/mol. The van der Waals surface area contributed by atoms with Crippen LogP contribution in [0.15, 0.2) is 18.2 Å². The second kappa shape index (κ2) is 8.70. The Balaban J connectivity index is 1.28. The van der Waals surface area contributed by atoms with Gasteiger partial charge in [-0.3, -0.25) is 34.3 Å². The lowest BCUT2D eigenvalue weighted by molar-refractivity contribution is -0.531. The highest BCUT2D eigenvalue weighted by Crippen LogP contribution is 2.35. The van der Waals surface area contributed by atoms with Crippen LogP contribution < -0.4 is 10.2 Å². The van der Waals surface area contributed by atoms with E-state index in [2.05, 4.69) is 26.4 Å². The van der Waals surface area contributed by atoms with E-state index in [0.29, 0.717) is 17.0 Å². The number of fused-ring (bicyclic) bond motifs is 1. The normalized spacial score (nSPS) is 25.0. The molecule has 0 bridgehead atoms. The van der Waals surface area contributed by atoms with Crippen LogP contribution in [0.1, 0.15) is 46.4 Å². The zero-order chi connectivity index (χ0) is 23.1. The van der Waals surface area contributed by atoms with E-state index in [0.717, 1.165) is 69.2 Å². The first-order valence-corrected chi connectivity index (χ1v) is 11.8. The molecule has 1 N–H and O–H groups in total. The van der Waals surface area contributed by atoms with E-state index < -0.39 is 23.8 Å². The molecule has 1 aromatic carbocycles. The molecule has 4 aliphatic rings. The first-order chi connectivity index (χ1) is 15.9. The van der Waals surface area contributed by atoms with E-state index >= 15 is 0 Å². The topological polar surface area (TPSA) is 93.0 Å². The number of anilines is 1. The number of carbonyl (C=O) groups is 4. The van der Waals surface area contributed by atoms with Gasteiger partial charge < -0.3 is 4.90 Å². The average molecular weight is 453 g/mol. The van der Waals surface area contributed by atoms with Crippen LogP contribution >= 0.6 is 0 Å². The second-order valence-electron chi connectivity index (χ2n) is 9.50. The van der Waals surface area contributed by atoms with Crippen LogP contribution in [0.5, 0.6) is 0 Å². The van der Waals surface area contributed by atoms with Crippen molar-refractivity contribution in [2.45, 2.75) is 31.7 Å². The summed E-state index contributed by atoms with van der Waals surface area (Å²) in [6, 6.07) is 4.41. The molecule has 174 valence electrons. The Morgan fingerprint density at radius 3 is 2.39 bits per heavy atom. The maximum atomic E-state index is 13.3. The number of nitrogens with one attached hydrogen (secondary N) is 1. The monoisotopic (exact) mass is 452 g/mol. The predicted octanol–water partition coefficient (Wildman–Crippen LogP) is 0.333. The van der Waals surface area contributed by atoms with Crippen LogP contribution in [0.2, 0.25) is 0 Å². The van der Waals surface area contributed by atoms with E-state index in [4.69, 9.17) is 0 Å². The van der Waals surface area contributed by atoms with Gasteiger partial charge in [-0.05, 0) is 37.3 Å². The number of rotatable bonds is 4. The number of amides is 4. The number of carbonyl (C=O) groups excluding carboxylic acids is 4. The minimum atomic E-state index is -0.938. The zero-order valence-corrected chi connectivity index (χ0v) is 18.8. The van der Waals surface area contributed by atoms with Gasteiger partial charge in [0.05, 0.1) is 29.9 Å². The van der Waals surface area contributed by atoms with Crippen molar-refractivity contribution in [2.75, 3.05) is 50.7 Å². The predicted molar refractivity (Wildman–Crippen MR) is 122 cm³/mol. The molecule has 9 nitrogen and oxygen atoms in total. The molecule has 33 heavy (non-hydrogen) atoms. The van der Waals surface area contributed by atoms with Crippen LogP contribution in [0, 0.1) is 5.92 Å². The Hall–Kier alpha value is -3.07. The van der Waals surface area contributed by atoms with Crippen molar-refractivity contribution >= 4 is 36.0 Å². The summed E-state index contributed by atoms with van der Waals surface area (Å²) in [5.41, 5.74) is 1.50. The Kier molecular flexibility index (Phi) is 5.74. The van der Waals surface area contributed by atoms with E-state index in [1.165, 1.54) is 0 Å². The van der Waals surface area contributed by atoms with Gasteiger partial charge in [0.1, 0.15) is 12.8 Å². The molecule has 1 atom stereocenters. The quantitative estimate of drug-likeness (QED) is 0.523. The standard InChI is InChI=1S/C24H29N5O4/c1-26-11-13-27(14-12-26)15-16-7-9-28(10-8-16)18-4-2-3-17-21(18)24(33)29(23(17)32)19-5-6-20(30)25-22(19)31/h2-4,16,19H,1,5-15H2/p+1. The first-order valence-electron chi connectivity index (χ1n) is 11.8. The van der Waals surface area contributed by atoms with Gasteiger partial charge in [-0.1, -0.05) is 6.07 Å². The van der Waals surface area contributed by atoms with Crippen LogP contribution in [-0.4, -0.2) is 96.6 Å². The molecule has 4 heterocycles. The Bertz CT molecular complexity index is 1020. The fraction of sp³-hybridized carbons (Fsp3) is 0.542. The summed E-state index contributed by atoms with van der Waals surface area (Å²) < 4.78 is 2.12. The molecule has 0 radical (unpaired) electrons. The van der Waals surface area contributed by atoms with Gasteiger partial charge in [0.15, 0.2) is 13.1 Å². The fourth-order valence-electron chi connectivity index (χ4n) is 5.45. The number of hydrogen-bond acceptors (Lipinski definition) is 6. The van der Waals surface area contributed by atoms with Gasteiger partial charge in [0.2, 0.25) is 11.8 Å². The third-order valence-electron chi connectivity index (χ3n) is 7.38. The highest BCUT2D eigenvalue weighted by Gasteiger charge is 2.46. The molecule has 0 saturated carbocycles. The Morgan fingerprint density at radius 1 is 0.970 bits per heavy atom. The lowest BCUT2D eigenvalue weighted by Crippen LogP contribution is -2.54. The molecule has 5 rings (SSSR count). The van der Waals surface area contributed by atoms with Crippen LogP contribution in [0.4, 0.5) is 5.69 Å². The average Bonchev–Trinajstić information content (AvgIpc) is 3.06. The number of benzene rings is 1. The molecular formula is C24H30N5O4+. The number of imide groups is 2. The summed E-state index contributed by atoms with van der Waals surface area (Å²) in [6.45, 7) is 10.9. The van der Waals surface area contributed by atoms with Gasteiger partial charge in [0.25, 0.3) is 11.8 Å². The van der Waals surface area contributed by atoms with E-state index in [1.54, 1.807) is 12.1 Å². The maximum absolute atomic E-state index is 13.3. The van der Waals surface area contributed by atoms with E-state index in [1.807, 2.05) is 6.07 Å². The van der Waals surface area contributed by atoms with Crippen LogP contribution in [0.3, 0.4) is 0 Å². The number of hydrogen-bond donors (Lipinski definition) is 1. The molecule has 3 fully saturated rings. The molecule has 0 aromatic heterocycles. The third kappa shape index (κ3) is 4.06. The van der Waals surface area contributed by atoms with Crippen molar-refractivity contribution in [1.82, 2.24) is 15.1 Å². The van der Waals surface area contributed by atoms with Crippen LogP contribution in [0.25, 0.3) is 0 Å². The molecule has 0 spiro atoms. The number of piperidine rings is 2. The van der Waals surface area contributed by atoms with Crippen molar-refractivity contribution in [2.24, 2.45) is 5.92 Å². The summed E-state index contributed by atoms with van der Waals surface area (Å²) in [5.74, 6) is -1.22. The van der Waals surface area contributed by atoms with Gasteiger partial charge in [-0.2, -0.15) is 0 Å². The van der Waals surface area contributed by atoms with Crippen LogP contribution in [-0.2, 0) is 9.59 Å². The smallest absolute Gasteiger partial charge is 0.264 e. The van der Waals surface area contributed by atoms with Crippen molar-refractivity contribution in [1.29, 1.82) is 0 Å². The molecule has 4 aliphatic heterocycles. The number of piperazine rings is 1. The molecule has 1 unspecified atom stereocenters. The maximum Gasteiger partial charge on any atom is 0.264 e. The Labute approximate surface area is 193 Å². The zero-order valence-electron chi connectivity index (χ0n) is 18.8. The van der Waals surface area contributed by atoms with Gasteiger partial charge in [-0.15, -0.1) is 0 Å². The van der Waals surface area contributed by atoms with Crippen molar-refractivity contribution in [3.63, 3.8) is 0 Å². The van der Waals surface area contributed by atoms with E-state index in [-0.39, 0.29) is 18.7 Å². The van der Waals surface area contributed by atoms with E-state index in [9.17, 15) is 19.2 Å². The molecule has 0 aliphatic carbocycles. The molecule has 3 saturated heterocycles. The minimum absolute atomic E-state index is 0.119. The van der Waals surface area contributed by atoms with Gasteiger partial charge in [-0.25, -0.2) is 4.58 Å². The van der Waals surface area contributed by atoms with Crippen molar-refractivity contribution in [3.05, 3.63) is 29.3 Å². The largest absolute Gasteiger partial charge is 0.371 e. The lowest BCUT2D eigenvalue weighted by atomic mass is 9.94. The summed E-state index contributed by atoms with van der Waals surface area (Å²) in [7, 11) is 0. The fourth-order valence-corrected chi connectivity index (χ4v) is 5.45. The summed E-state index contributed by atoms with van der Waals surface area (Å²) in [5, 5.41) is 2.25. The molecule has 1 aromatic rings. The van der Waals surface area contributed by atoms with Crippen molar-refractivity contribution in [3.8, 4) is 0 Å². The Morgan fingerprint density at radius 2 is 1.70 bits per heavy atom. The van der Waals surface area contributed by atoms with Gasteiger partial charge >= 0.3 is 0 Å². The summed E-state index contributed by atoms with van der Waals surface area (Å²) in [6.07, 6.45) is 2.35. The highest BCUT2D eigenvalue weighted by molar-refractivity contribution is 6.25. The summed E-state index contributed by atoms with van der Waals surface area (Å²) >= 11 is 0. The SMILES string of the molecule is C=[N+]1CCN(CC2CCN(c3cccc4c3C(=O)N(C3CCC(=O)NC3=O)C4=O)CC2)CC1. The lowest BCUT2D eigenvalue weighted by Gasteiger charge is -2.37. The highest BCUT2D eigenvalue weighted by atomic mass is 16.2.